The monoisotopic (exact) mass is 363 g/mol. The van der Waals surface area contributed by atoms with Crippen molar-refractivity contribution in [3.8, 4) is 0 Å². The molecule has 0 spiro atoms. The molecule has 0 radical (unpaired) electrons. The first-order valence-corrected chi connectivity index (χ1v) is 8.46. The van der Waals surface area contributed by atoms with E-state index in [-0.39, 0.29) is 24.0 Å². The van der Waals surface area contributed by atoms with Gasteiger partial charge in [0.2, 0.25) is 5.91 Å². The van der Waals surface area contributed by atoms with Crippen LogP contribution in [0.15, 0.2) is 24.3 Å². The Kier molecular flexibility index (Phi) is 7.59. The second kappa shape index (κ2) is 8.96. The molecule has 1 unspecified atom stereocenters. The van der Waals surface area contributed by atoms with Crippen molar-refractivity contribution in [3.63, 3.8) is 0 Å². The van der Waals surface area contributed by atoms with Crippen molar-refractivity contribution in [2.24, 2.45) is 5.92 Å². The molecule has 0 aliphatic heterocycles. The Morgan fingerprint density at radius 2 is 1.88 bits per heavy atom. The normalized spacial score (nSPS) is 12.8. The number of carbonyl (C=O) groups is 2. The number of hydrogen-bond acceptors (Lipinski definition) is 4. The van der Waals surface area contributed by atoms with Gasteiger partial charge >= 0.3 is 12.1 Å². The number of esters is 1. The van der Waals surface area contributed by atoms with E-state index in [1.54, 1.807) is 20.8 Å². The first-order chi connectivity index (χ1) is 11.2. The molecule has 0 fully saturated rings. The van der Waals surface area contributed by atoms with Gasteiger partial charge in [-0.05, 0) is 25.0 Å². The van der Waals surface area contributed by atoms with Crippen molar-refractivity contribution in [2.75, 3.05) is 17.7 Å². The molecule has 0 heterocycles. The second-order valence-corrected chi connectivity index (χ2v) is 6.44. The maximum atomic E-state index is 13.0. The minimum Gasteiger partial charge on any atom is -0.465 e. The van der Waals surface area contributed by atoms with Gasteiger partial charge in [-0.1, -0.05) is 26.0 Å². The van der Waals surface area contributed by atoms with Crippen LogP contribution in [-0.2, 0) is 20.5 Å². The smallest absolute Gasteiger partial charge is 0.418 e. The fraction of sp³-hybridized carbons (Fsp3) is 0.500. The van der Waals surface area contributed by atoms with E-state index in [1.165, 1.54) is 18.2 Å². The molecule has 1 aromatic rings. The Hall–Kier alpha value is -1.70. The molecule has 0 saturated heterocycles. The summed E-state index contributed by atoms with van der Waals surface area (Å²) in [6.45, 7) is 5.43. The van der Waals surface area contributed by atoms with Crippen molar-refractivity contribution >= 4 is 29.3 Å². The average Bonchev–Trinajstić information content (AvgIpc) is 2.46. The van der Waals surface area contributed by atoms with Crippen molar-refractivity contribution in [2.45, 2.75) is 32.2 Å². The molecule has 1 rings (SSSR count). The zero-order valence-electron chi connectivity index (χ0n) is 13.6. The van der Waals surface area contributed by atoms with Crippen LogP contribution < -0.4 is 5.32 Å². The molecular formula is C16H20F3NO3S. The summed E-state index contributed by atoms with van der Waals surface area (Å²) in [7, 11) is 0. The lowest BCUT2D eigenvalue weighted by atomic mass is 10.1. The highest BCUT2D eigenvalue weighted by atomic mass is 32.2. The van der Waals surface area contributed by atoms with E-state index in [9.17, 15) is 22.8 Å². The van der Waals surface area contributed by atoms with Gasteiger partial charge in [0, 0.05) is 0 Å². The zero-order valence-corrected chi connectivity index (χ0v) is 14.5. The first kappa shape index (κ1) is 20.3. The Labute approximate surface area is 143 Å². The summed E-state index contributed by atoms with van der Waals surface area (Å²) in [6.07, 6.45) is -4.56. The van der Waals surface area contributed by atoms with Crippen LogP contribution in [0.25, 0.3) is 0 Å². The third-order valence-corrected chi connectivity index (χ3v) is 4.56. The van der Waals surface area contributed by atoms with Crippen LogP contribution in [0.5, 0.6) is 0 Å². The first-order valence-electron chi connectivity index (χ1n) is 7.41. The summed E-state index contributed by atoms with van der Waals surface area (Å²) in [5.41, 5.74) is -1.20. The largest absolute Gasteiger partial charge is 0.465 e. The zero-order chi connectivity index (χ0) is 18.3. The molecule has 1 N–H and O–H groups in total. The Balaban J connectivity index is 2.85. The predicted octanol–water partition coefficient (Wildman–Crippen LogP) is 3.96. The highest BCUT2D eigenvalue weighted by Crippen LogP contribution is 2.35. The molecule has 0 bridgehead atoms. The van der Waals surface area contributed by atoms with Crippen molar-refractivity contribution in [3.05, 3.63) is 29.8 Å². The van der Waals surface area contributed by atoms with Gasteiger partial charge in [-0.15, -0.1) is 11.8 Å². The molecule has 0 aromatic heterocycles. The number of thioether (sulfide) groups is 1. The molecule has 8 heteroatoms. The summed E-state index contributed by atoms with van der Waals surface area (Å²) in [5.74, 6) is -1.24. The van der Waals surface area contributed by atoms with E-state index in [4.69, 9.17) is 4.74 Å². The van der Waals surface area contributed by atoms with Crippen LogP contribution in [0.1, 0.15) is 26.3 Å². The number of carbonyl (C=O) groups excluding carboxylic acids is 2. The van der Waals surface area contributed by atoms with E-state index < -0.39 is 28.9 Å². The minimum absolute atomic E-state index is 0.0367. The van der Waals surface area contributed by atoms with Gasteiger partial charge in [0.25, 0.3) is 0 Å². The summed E-state index contributed by atoms with van der Waals surface area (Å²) >= 11 is 1.05. The number of amides is 1. The fourth-order valence-electron chi connectivity index (χ4n) is 1.97. The number of halogens is 3. The number of anilines is 1. The molecule has 134 valence electrons. The van der Waals surface area contributed by atoms with Crippen molar-refractivity contribution in [1.82, 2.24) is 0 Å². The molecule has 1 aromatic carbocycles. The van der Waals surface area contributed by atoms with Gasteiger partial charge in [0.15, 0.2) is 0 Å². The lowest BCUT2D eigenvalue weighted by molar-refractivity contribution is -0.140. The molecule has 24 heavy (non-hydrogen) atoms. The average molecular weight is 363 g/mol. The van der Waals surface area contributed by atoms with Crippen LogP contribution in [-0.4, -0.2) is 29.5 Å². The second-order valence-electron chi connectivity index (χ2n) is 5.31. The number of benzene rings is 1. The lowest BCUT2D eigenvalue weighted by Gasteiger charge is -2.21. The van der Waals surface area contributed by atoms with Crippen LogP contribution in [0.4, 0.5) is 18.9 Å². The highest BCUT2D eigenvalue weighted by molar-refractivity contribution is 8.01. The van der Waals surface area contributed by atoms with E-state index in [2.05, 4.69) is 5.32 Å². The van der Waals surface area contributed by atoms with E-state index >= 15 is 0 Å². The molecule has 0 aliphatic carbocycles. The van der Waals surface area contributed by atoms with Crippen molar-refractivity contribution in [1.29, 1.82) is 0 Å². The molecule has 4 nitrogen and oxygen atoms in total. The van der Waals surface area contributed by atoms with Crippen LogP contribution in [0.2, 0.25) is 0 Å². The highest BCUT2D eigenvalue weighted by Gasteiger charge is 2.34. The molecule has 0 saturated carbocycles. The fourth-order valence-corrected chi connectivity index (χ4v) is 2.97. The van der Waals surface area contributed by atoms with Gasteiger partial charge in [-0.25, -0.2) is 0 Å². The molecule has 1 amide bonds. The van der Waals surface area contributed by atoms with Crippen LogP contribution in [0.3, 0.4) is 0 Å². The summed E-state index contributed by atoms with van der Waals surface area (Å²) in [4.78, 5) is 23.8. The van der Waals surface area contributed by atoms with Crippen LogP contribution in [0, 0.1) is 5.92 Å². The number of para-hydroxylation sites is 1. The number of ether oxygens (including phenoxy) is 1. The summed E-state index contributed by atoms with van der Waals surface area (Å²) < 4.78 is 43.7. The van der Waals surface area contributed by atoms with Gasteiger partial charge in [-0.3, -0.25) is 9.59 Å². The Morgan fingerprint density at radius 3 is 2.42 bits per heavy atom. The predicted molar refractivity (Wildman–Crippen MR) is 87.8 cm³/mol. The maximum Gasteiger partial charge on any atom is 0.418 e. The van der Waals surface area contributed by atoms with Gasteiger partial charge in [0.05, 0.1) is 28.9 Å². The number of alkyl halides is 3. The van der Waals surface area contributed by atoms with E-state index in [0.29, 0.717) is 0 Å². The minimum atomic E-state index is -4.56. The quantitative estimate of drug-likeness (QED) is 0.745. The molecule has 0 aliphatic rings. The lowest BCUT2D eigenvalue weighted by Crippen LogP contribution is -2.31. The SMILES string of the molecule is CCOC(=O)CSC(C(=O)Nc1ccccc1C(F)(F)F)C(C)C. The van der Waals surface area contributed by atoms with E-state index in [0.717, 1.165) is 17.8 Å². The van der Waals surface area contributed by atoms with Gasteiger partial charge in [-0.2, -0.15) is 13.2 Å². The number of hydrogen-bond donors (Lipinski definition) is 1. The molecule has 1 atom stereocenters. The Bertz CT molecular complexity index is 576. The molecular weight excluding hydrogens is 343 g/mol. The number of rotatable bonds is 7. The third-order valence-electron chi connectivity index (χ3n) is 3.04. The maximum absolute atomic E-state index is 13.0. The summed E-state index contributed by atoms with van der Waals surface area (Å²) in [5, 5.41) is 1.65. The summed E-state index contributed by atoms with van der Waals surface area (Å²) in [6, 6.07) is 4.79. The topological polar surface area (TPSA) is 55.4 Å². The Morgan fingerprint density at radius 1 is 1.25 bits per heavy atom. The van der Waals surface area contributed by atoms with Crippen molar-refractivity contribution < 1.29 is 27.5 Å². The van der Waals surface area contributed by atoms with Gasteiger partial charge in [0.1, 0.15) is 0 Å². The van der Waals surface area contributed by atoms with E-state index in [1.807, 2.05) is 0 Å². The third kappa shape index (κ3) is 6.07. The van der Waals surface area contributed by atoms with Crippen LogP contribution >= 0.6 is 11.8 Å². The standard InChI is InChI=1S/C16H20F3NO3S/c1-4-23-13(21)9-24-14(10(2)3)15(22)20-12-8-6-5-7-11(12)16(17,18)19/h5-8,10,14H,4,9H2,1-3H3,(H,20,22). The van der Waals surface area contributed by atoms with Gasteiger partial charge < -0.3 is 10.1 Å². The number of nitrogens with one attached hydrogen (secondary N) is 1.